The molecule has 0 aliphatic heterocycles. The fraction of sp³-hybridized carbons (Fsp3) is 0.375. The van der Waals surface area contributed by atoms with Gasteiger partial charge in [-0.1, -0.05) is 25.1 Å². The fourth-order valence-electron chi connectivity index (χ4n) is 1.93. The molecule has 7 heteroatoms. The molecule has 0 fully saturated rings. The Hall–Kier alpha value is -2.05. The Bertz CT molecular complexity index is 601. The molecule has 0 aliphatic carbocycles. The summed E-state index contributed by atoms with van der Waals surface area (Å²) >= 11 is 0. The fourth-order valence-corrected chi connectivity index (χ4v) is 1.93. The van der Waals surface area contributed by atoms with Crippen LogP contribution < -0.4 is 15.8 Å². The van der Waals surface area contributed by atoms with Crippen molar-refractivity contribution >= 4 is 18.3 Å². The summed E-state index contributed by atoms with van der Waals surface area (Å²) in [7, 11) is 0. The molecule has 2 aromatic rings. The van der Waals surface area contributed by atoms with E-state index in [-0.39, 0.29) is 18.3 Å². The Labute approximate surface area is 142 Å². The number of para-hydroxylation sites is 1. The van der Waals surface area contributed by atoms with E-state index in [2.05, 4.69) is 10.4 Å². The molecule has 0 aliphatic rings. The van der Waals surface area contributed by atoms with Crippen LogP contribution in [0.15, 0.2) is 36.5 Å². The van der Waals surface area contributed by atoms with Crippen LogP contribution in [0.5, 0.6) is 5.75 Å². The van der Waals surface area contributed by atoms with Crippen molar-refractivity contribution in [3.63, 3.8) is 0 Å². The number of hydrogen-bond acceptors (Lipinski definition) is 4. The minimum atomic E-state index is -0.241. The van der Waals surface area contributed by atoms with Crippen LogP contribution in [-0.2, 0) is 0 Å². The average Bonchev–Trinajstić information content (AvgIpc) is 2.98. The van der Waals surface area contributed by atoms with Crippen molar-refractivity contribution < 1.29 is 9.53 Å². The quantitative estimate of drug-likeness (QED) is 0.723. The molecule has 1 aromatic carbocycles. The SMILES string of the molecule is CCCOc1cn(-c2ccccc2)nc1C(=O)NCCCN.Cl. The van der Waals surface area contributed by atoms with Gasteiger partial charge in [0.15, 0.2) is 11.4 Å². The molecule has 0 atom stereocenters. The summed E-state index contributed by atoms with van der Waals surface area (Å²) in [5.41, 5.74) is 6.61. The van der Waals surface area contributed by atoms with Crippen molar-refractivity contribution in [3.8, 4) is 11.4 Å². The Kier molecular flexibility index (Phi) is 8.15. The van der Waals surface area contributed by atoms with E-state index in [1.54, 1.807) is 10.9 Å². The molecule has 1 aromatic heterocycles. The second-order valence-corrected chi connectivity index (χ2v) is 4.87. The normalized spacial score (nSPS) is 10.0. The minimum absolute atomic E-state index is 0. The molecule has 3 N–H and O–H groups in total. The van der Waals surface area contributed by atoms with Gasteiger partial charge in [-0.25, -0.2) is 4.68 Å². The summed E-state index contributed by atoms with van der Waals surface area (Å²) in [5, 5.41) is 7.17. The smallest absolute Gasteiger partial charge is 0.275 e. The molecule has 1 amide bonds. The van der Waals surface area contributed by atoms with Gasteiger partial charge in [-0.05, 0) is 31.5 Å². The third-order valence-electron chi connectivity index (χ3n) is 3.04. The topological polar surface area (TPSA) is 82.2 Å². The number of nitrogens with two attached hydrogens (primary N) is 1. The highest BCUT2D eigenvalue weighted by Crippen LogP contribution is 2.20. The van der Waals surface area contributed by atoms with Gasteiger partial charge in [0.1, 0.15) is 0 Å². The molecule has 0 radical (unpaired) electrons. The highest BCUT2D eigenvalue weighted by molar-refractivity contribution is 5.94. The van der Waals surface area contributed by atoms with Crippen LogP contribution in [0.1, 0.15) is 30.3 Å². The van der Waals surface area contributed by atoms with Crippen molar-refractivity contribution in [1.82, 2.24) is 15.1 Å². The van der Waals surface area contributed by atoms with E-state index in [9.17, 15) is 4.79 Å². The number of aromatic nitrogens is 2. The van der Waals surface area contributed by atoms with E-state index in [0.29, 0.717) is 31.1 Å². The number of carbonyl (C=O) groups is 1. The van der Waals surface area contributed by atoms with Crippen molar-refractivity contribution in [3.05, 3.63) is 42.2 Å². The summed E-state index contributed by atoms with van der Waals surface area (Å²) in [4.78, 5) is 12.2. The minimum Gasteiger partial charge on any atom is -0.489 e. The maximum absolute atomic E-state index is 12.2. The standard InChI is InChI=1S/C16H22N4O2.ClH/c1-2-11-22-14-12-20(13-7-4-3-5-8-13)19-15(14)16(21)18-10-6-9-17;/h3-5,7-8,12H,2,6,9-11,17H2,1H3,(H,18,21);1H. The van der Waals surface area contributed by atoms with E-state index in [1.165, 1.54) is 0 Å². The largest absolute Gasteiger partial charge is 0.489 e. The van der Waals surface area contributed by atoms with Gasteiger partial charge in [0.25, 0.3) is 5.91 Å². The van der Waals surface area contributed by atoms with Gasteiger partial charge in [-0.15, -0.1) is 12.4 Å². The summed E-state index contributed by atoms with van der Waals surface area (Å²) < 4.78 is 7.30. The highest BCUT2D eigenvalue weighted by atomic mass is 35.5. The Balaban J connectivity index is 0.00000264. The molecule has 0 unspecified atom stereocenters. The van der Waals surface area contributed by atoms with Gasteiger partial charge in [0.2, 0.25) is 0 Å². The lowest BCUT2D eigenvalue weighted by atomic mass is 10.3. The first-order valence-electron chi connectivity index (χ1n) is 7.52. The number of nitrogens with one attached hydrogen (secondary N) is 1. The maximum atomic E-state index is 12.2. The number of halogens is 1. The molecule has 0 spiro atoms. The first-order valence-corrected chi connectivity index (χ1v) is 7.52. The number of benzene rings is 1. The number of ether oxygens (including phenoxy) is 1. The van der Waals surface area contributed by atoms with Gasteiger partial charge in [0.05, 0.1) is 18.5 Å². The molecule has 1 heterocycles. The summed E-state index contributed by atoms with van der Waals surface area (Å²) in [6.07, 6.45) is 3.34. The average molecular weight is 339 g/mol. The van der Waals surface area contributed by atoms with Crippen molar-refractivity contribution in [1.29, 1.82) is 0 Å². The molecular weight excluding hydrogens is 316 g/mol. The Morgan fingerprint density at radius 1 is 1.35 bits per heavy atom. The molecule has 0 saturated heterocycles. The third kappa shape index (κ3) is 5.26. The van der Waals surface area contributed by atoms with Crippen LogP contribution in [0, 0.1) is 0 Å². The lowest BCUT2D eigenvalue weighted by Gasteiger charge is -2.05. The zero-order valence-corrected chi connectivity index (χ0v) is 14.0. The zero-order chi connectivity index (χ0) is 15.8. The van der Waals surface area contributed by atoms with Crippen LogP contribution in [0.2, 0.25) is 0 Å². The molecule has 2 rings (SSSR count). The lowest BCUT2D eigenvalue weighted by molar-refractivity contribution is 0.0944. The van der Waals surface area contributed by atoms with E-state index in [0.717, 1.165) is 18.5 Å². The van der Waals surface area contributed by atoms with Crippen LogP contribution in [-0.4, -0.2) is 35.4 Å². The molecule has 0 bridgehead atoms. The molecule has 6 nitrogen and oxygen atoms in total. The number of rotatable bonds is 8. The van der Waals surface area contributed by atoms with Crippen molar-refractivity contribution in [2.24, 2.45) is 5.73 Å². The first-order chi connectivity index (χ1) is 10.8. The molecule has 126 valence electrons. The van der Waals surface area contributed by atoms with Crippen LogP contribution in [0.3, 0.4) is 0 Å². The van der Waals surface area contributed by atoms with Gasteiger partial charge < -0.3 is 15.8 Å². The van der Waals surface area contributed by atoms with E-state index in [1.807, 2.05) is 37.3 Å². The summed E-state index contributed by atoms with van der Waals surface area (Å²) in [6.45, 7) is 3.63. The van der Waals surface area contributed by atoms with E-state index in [4.69, 9.17) is 10.5 Å². The first kappa shape index (κ1) is 19.0. The van der Waals surface area contributed by atoms with Crippen LogP contribution >= 0.6 is 12.4 Å². The number of nitrogens with zero attached hydrogens (tertiary/aromatic N) is 2. The second kappa shape index (κ2) is 9.86. The van der Waals surface area contributed by atoms with Gasteiger partial charge >= 0.3 is 0 Å². The van der Waals surface area contributed by atoms with Gasteiger partial charge in [-0.2, -0.15) is 5.10 Å². The third-order valence-corrected chi connectivity index (χ3v) is 3.04. The predicted molar refractivity (Wildman–Crippen MR) is 92.6 cm³/mol. The second-order valence-electron chi connectivity index (χ2n) is 4.87. The predicted octanol–water partition coefficient (Wildman–Crippen LogP) is 2.16. The van der Waals surface area contributed by atoms with Crippen molar-refractivity contribution in [2.45, 2.75) is 19.8 Å². The summed E-state index contributed by atoms with van der Waals surface area (Å²) in [5.74, 6) is 0.255. The number of hydrogen-bond donors (Lipinski definition) is 2. The van der Waals surface area contributed by atoms with Crippen LogP contribution in [0.25, 0.3) is 5.69 Å². The van der Waals surface area contributed by atoms with Gasteiger partial charge in [0, 0.05) is 6.54 Å². The van der Waals surface area contributed by atoms with E-state index < -0.39 is 0 Å². The molecule has 0 saturated carbocycles. The number of carbonyl (C=O) groups excluding carboxylic acids is 1. The highest BCUT2D eigenvalue weighted by Gasteiger charge is 2.18. The number of amides is 1. The lowest BCUT2D eigenvalue weighted by Crippen LogP contribution is -2.27. The summed E-state index contributed by atoms with van der Waals surface area (Å²) in [6, 6.07) is 9.62. The monoisotopic (exact) mass is 338 g/mol. The Morgan fingerprint density at radius 3 is 2.74 bits per heavy atom. The zero-order valence-electron chi connectivity index (χ0n) is 13.2. The maximum Gasteiger partial charge on any atom is 0.275 e. The van der Waals surface area contributed by atoms with Gasteiger partial charge in [-0.3, -0.25) is 4.79 Å². The molecular formula is C16H23ClN4O2. The van der Waals surface area contributed by atoms with Crippen molar-refractivity contribution in [2.75, 3.05) is 19.7 Å². The molecule has 23 heavy (non-hydrogen) atoms. The Morgan fingerprint density at radius 2 is 2.09 bits per heavy atom. The van der Waals surface area contributed by atoms with E-state index >= 15 is 0 Å². The van der Waals surface area contributed by atoms with Crippen LogP contribution in [0.4, 0.5) is 0 Å².